The first-order chi connectivity index (χ1) is 30.1. The fourth-order valence-electron chi connectivity index (χ4n) is 6.94. The smallest absolute Gasteiger partial charge is 0.433 e. The highest BCUT2D eigenvalue weighted by molar-refractivity contribution is 7.92. The maximum absolute atomic E-state index is 15.0. The first-order valence-electron chi connectivity index (χ1n) is 19.3. The van der Waals surface area contributed by atoms with Crippen molar-refractivity contribution in [1.29, 1.82) is 0 Å². The van der Waals surface area contributed by atoms with Crippen LogP contribution in [0.4, 0.5) is 32.6 Å². The lowest BCUT2D eigenvalue weighted by atomic mass is 10.0. The largest absolute Gasteiger partial charge is 0.497 e. The molecule has 0 saturated heterocycles. The third kappa shape index (κ3) is 10.1. The highest BCUT2D eigenvalue weighted by atomic mass is 35.5. The molecule has 3 heterocycles. The van der Waals surface area contributed by atoms with Crippen molar-refractivity contribution in [3.8, 4) is 22.8 Å². The van der Waals surface area contributed by atoms with Crippen LogP contribution in [0.1, 0.15) is 49.5 Å². The van der Waals surface area contributed by atoms with Crippen molar-refractivity contribution in [1.82, 2.24) is 34.6 Å². The Morgan fingerprint density at radius 2 is 1.62 bits per heavy atom. The number of sulfonamides is 1. The van der Waals surface area contributed by atoms with Crippen LogP contribution in [0.25, 0.3) is 38.9 Å². The normalized spacial score (nSPS) is 12.7. The molecule has 1 amide bonds. The minimum atomic E-state index is -4.79. The Labute approximate surface area is 367 Å². The Bertz CT molecular complexity index is 3080. The van der Waals surface area contributed by atoms with Crippen LogP contribution >= 0.6 is 11.6 Å². The number of aryl methyl sites for hydroxylation is 2. The zero-order valence-corrected chi connectivity index (χ0v) is 36.2. The molecule has 0 radical (unpaired) electrons. The molecule has 334 valence electrons. The predicted molar refractivity (Wildman–Crippen MR) is 229 cm³/mol. The number of nitrogens with zero attached hydrogens (tertiary/aromatic N) is 6. The number of rotatable bonds is 12. The molecule has 0 aliphatic heterocycles. The maximum atomic E-state index is 15.0. The third-order valence-corrected chi connectivity index (χ3v) is 11.3. The van der Waals surface area contributed by atoms with Gasteiger partial charge in [-0.1, -0.05) is 29.8 Å². The van der Waals surface area contributed by atoms with Crippen LogP contribution in [-0.4, -0.2) is 62.3 Å². The second-order valence-corrected chi connectivity index (χ2v) is 17.8. The van der Waals surface area contributed by atoms with Gasteiger partial charge in [-0.3, -0.25) is 18.8 Å². The molecule has 3 aromatic heterocycles. The summed E-state index contributed by atoms with van der Waals surface area (Å²) in [7, 11) is -1.09. The molecule has 0 fully saturated rings. The van der Waals surface area contributed by atoms with Crippen molar-refractivity contribution < 1.29 is 44.6 Å². The number of carbonyl (C=O) groups is 1. The van der Waals surface area contributed by atoms with Crippen LogP contribution in [0.3, 0.4) is 0 Å². The van der Waals surface area contributed by atoms with Crippen molar-refractivity contribution in [3.63, 3.8) is 0 Å². The summed E-state index contributed by atoms with van der Waals surface area (Å²) in [4.78, 5) is 41.0. The third-order valence-electron chi connectivity index (χ3n) is 9.69. The molecule has 64 heavy (non-hydrogen) atoms. The molecule has 7 rings (SSSR count). The number of carbonyl (C=O) groups excluding carboxylic acids is 1. The Balaban J connectivity index is 1.43. The topological polar surface area (TPSA) is 172 Å². The summed E-state index contributed by atoms with van der Waals surface area (Å²) in [6.07, 6.45) is -5.12. The molecule has 2 N–H and O–H groups in total. The summed E-state index contributed by atoms with van der Waals surface area (Å²) in [5.74, 6) is -2.38. The van der Waals surface area contributed by atoms with E-state index in [2.05, 4.69) is 25.1 Å². The molecular weight excluding hydrogens is 887 g/mol. The quantitative estimate of drug-likeness (QED) is 0.113. The molecular formula is C43H38ClF5N8O6S. The van der Waals surface area contributed by atoms with E-state index in [1.165, 1.54) is 49.2 Å². The highest BCUT2D eigenvalue weighted by Gasteiger charge is 2.33. The summed E-state index contributed by atoms with van der Waals surface area (Å²) in [5, 5.41) is 7.14. The zero-order chi connectivity index (χ0) is 46.3. The van der Waals surface area contributed by atoms with Crippen molar-refractivity contribution in [2.24, 2.45) is 7.05 Å². The lowest BCUT2D eigenvalue weighted by molar-refractivity contribution is -0.141. The van der Waals surface area contributed by atoms with Gasteiger partial charge in [0, 0.05) is 31.3 Å². The summed E-state index contributed by atoms with van der Waals surface area (Å²) in [6.45, 7) is 4.80. The van der Waals surface area contributed by atoms with Crippen molar-refractivity contribution in [2.45, 2.75) is 51.4 Å². The second-order valence-electron chi connectivity index (χ2n) is 15.6. The first kappa shape index (κ1) is 45.4. The number of aromatic nitrogens is 6. The SMILES string of the molecule is COc1ccc(CCS(=O)(=O)Nc2nn(C)c3c(-n4c([C@H](Cc5cc(F)cc(F)c5)NC(=O)OC(C)(C)C)nc5cc(-c6nccc(C(F)(F)F)n6)ccc5c4=O)ccc(Cl)c23)cc1. The van der Waals surface area contributed by atoms with Crippen LogP contribution < -0.4 is 20.3 Å². The van der Waals surface area contributed by atoms with E-state index in [0.29, 0.717) is 17.9 Å². The molecule has 0 aliphatic rings. The lowest BCUT2D eigenvalue weighted by Crippen LogP contribution is -2.39. The number of anilines is 1. The van der Waals surface area contributed by atoms with Gasteiger partial charge in [-0.25, -0.2) is 36.9 Å². The fraction of sp³-hybridized carbons (Fsp3) is 0.256. The molecule has 4 aromatic carbocycles. The number of benzene rings is 4. The van der Waals surface area contributed by atoms with Gasteiger partial charge in [-0.2, -0.15) is 18.3 Å². The Morgan fingerprint density at radius 3 is 2.28 bits per heavy atom. The molecule has 7 aromatic rings. The van der Waals surface area contributed by atoms with Crippen LogP contribution in [0.2, 0.25) is 5.02 Å². The van der Waals surface area contributed by atoms with Crippen LogP contribution in [-0.2, 0) is 40.8 Å². The average Bonchev–Trinajstić information content (AvgIpc) is 3.54. The fourth-order valence-corrected chi connectivity index (χ4v) is 8.22. The average molecular weight is 925 g/mol. The van der Waals surface area contributed by atoms with E-state index in [-0.39, 0.29) is 79.7 Å². The molecule has 0 bridgehead atoms. The number of hydrogen-bond donors (Lipinski definition) is 2. The molecule has 14 nitrogen and oxygen atoms in total. The van der Waals surface area contributed by atoms with Crippen LogP contribution in [0.5, 0.6) is 5.75 Å². The van der Waals surface area contributed by atoms with Gasteiger partial charge in [-0.05, 0) is 92.9 Å². The molecule has 1 atom stereocenters. The zero-order valence-electron chi connectivity index (χ0n) is 34.6. The number of fused-ring (bicyclic) bond motifs is 2. The number of halogens is 6. The minimum Gasteiger partial charge on any atom is -0.497 e. The molecule has 0 spiro atoms. The number of alkyl carbamates (subject to hydrolysis) is 1. The van der Waals surface area contributed by atoms with E-state index in [0.717, 1.165) is 28.5 Å². The predicted octanol–water partition coefficient (Wildman–Crippen LogP) is 8.48. The van der Waals surface area contributed by atoms with Gasteiger partial charge in [0.25, 0.3) is 5.56 Å². The van der Waals surface area contributed by atoms with Crippen LogP contribution in [0, 0.1) is 11.6 Å². The van der Waals surface area contributed by atoms with Gasteiger partial charge >= 0.3 is 12.3 Å². The number of hydrogen-bond acceptors (Lipinski definition) is 10. The van der Waals surface area contributed by atoms with Crippen LogP contribution in [0.15, 0.2) is 89.9 Å². The van der Waals surface area contributed by atoms with Crippen molar-refractivity contribution >= 4 is 55.3 Å². The van der Waals surface area contributed by atoms with E-state index in [9.17, 15) is 40.0 Å². The van der Waals surface area contributed by atoms with Gasteiger partial charge in [0.1, 0.15) is 34.5 Å². The monoisotopic (exact) mass is 924 g/mol. The Morgan fingerprint density at radius 1 is 0.922 bits per heavy atom. The van der Waals surface area contributed by atoms with E-state index in [1.807, 2.05) is 0 Å². The summed E-state index contributed by atoms with van der Waals surface area (Å²) < 4.78 is 113. The van der Waals surface area contributed by atoms with Gasteiger partial charge in [-0.15, -0.1) is 0 Å². The van der Waals surface area contributed by atoms with Crippen molar-refractivity contribution in [3.05, 3.63) is 135 Å². The number of amides is 1. The molecule has 21 heteroatoms. The maximum Gasteiger partial charge on any atom is 0.433 e. The van der Waals surface area contributed by atoms with E-state index in [1.54, 1.807) is 45.0 Å². The van der Waals surface area contributed by atoms with E-state index >= 15 is 0 Å². The van der Waals surface area contributed by atoms with E-state index in [4.69, 9.17) is 26.1 Å². The molecule has 0 aliphatic carbocycles. The van der Waals surface area contributed by atoms with Gasteiger partial charge in [0.05, 0.1) is 51.4 Å². The Kier molecular flexibility index (Phi) is 12.4. The number of alkyl halides is 3. The summed E-state index contributed by atoms with van der Waals surface area (Å²) in [6, 6.07) is 15.6. The Hall–Kier alpha value is -6.67. The number of methoxy groups -OCH3 is 1. The summed E-state index contributed by atoms with van der Waals surface area (Å²) in [5.41, 5.74) is -2.19. The second kappa shape index (κ2) is 17.5. The number of ether oxygens (including phenoxy) is 2. The highest BCUT2D eigenvalue weighted by Crippen LogP contribution is 2.36. The molecule has 0 saturated carbocycles. The summed E-state index contributed by atoms with van der Waals surface area (Å²) >= 11 is 6.75. The minimum absolute atomic E-state index is 0.0266. The van der Waals surface area contributed by atoms with Gasteiger partial charge in [0.2, 0.25) is 10.0 Å². The van der Waals surface area contributed by atoms with Crippen molar-refractivity contribution in [2.75, 3.05) is 17.6 Å². The van der Waals surface area contributed by atoms with E-state index < -0.39 is 56.8 Å². The van der Waals surface area contributed by atoms with Gasteiger partial charge < -0.3 is 14.8 Å². The standard InChI is InChI=1S/C43H38ClF5N8O6S/c1-42(2,3)63-41(59)52-32(20-24-18-26(45)22-27(46)19-24)39-51-31-21-25(37-50-16-14-34(53-37)43(47,48)49)8-11-29(31)40(58)57(39)33-13-12-30(44)35-36(33)56(4)54-38(35)55-64(60,61)17-15-23-6-9-28(62-5)10-7-23/h6-14,16,18-19,21-22,32H,15,17,20H2,1-5H3,(H,52,59)(H,54,55)/t32-/m0/s1. The van der Waals surface area contributed by atoms with Gasteiger partial charge in [0.15, 0.2) is 11.6 Å². The number of nitrogens with one attached hydrogen (secondary N) is 2. The first-order valence-corrected chi connectivity index (χ1v) is 21.3. The molecule has 0 unspecified atom stereocenters. The lowest BCUT2D eigenvalue weighted by Gasteiger charge is -2.26.